The standard InChI is InChI=1S/C15H20N4O2/c1-20-12-7-13(15-17-5-6-18-15)19(10-12)9-11-8-16-4-3-14(11)21-2/h3-6,8,12-13H,7,9-10H2,1-2H3,(H,17,18)/t12-,13?/m1/s1. The maximum absolute atomic E-state index is 5.53. The van der Waals surface area contributed by atoms with Gasteiger partial charge < -0.3 is 14.5 Å². The van der Waals surface area contributed by atoms with E-state index in [4.69, 9.17) is 9.47 Å². The fraction of sp³-hybridized carbons (Fsp3) is 0.467. The van der Waals surface area contributed by atoms with Crippen molar-refractivity contribution < 1.29 is 9.47 Å². The third-order valence-electron chi connectivity index (χ3n) is 3.99. The Balaban J connectivity index is 1.81. The molecule has 1 N–H and O–H groups in total. The van der Waals surface area contributed by atoms with Crippen LogP contribution in [0.3, 0.4) is 0 Å². The average Bonchev–Trinajstić information content (AvgIpc) is 3.16. The smallest absolute Gasteiger partial charge is 0.126 e. The number of nitrogens with zero attached hydrogens (tertiary/aromatic N) is 3. The van der Waals surface area contributed by atoms with Gasteiger partial charge in [0.1, 0.15) is 11.6 Å². The van der Waals surface area contributed by atoms with Gasteiger partial charge in [0.15, 0.2) is 0 Å². The Kier molecular flexibility index (Phi) is 4.17. The molecule has 6 heteroatoms. The topological polar surface area (TPSA) is 63.3 Å². The predicted molar refractivity (Wildman–Crippen MR) is 77.9 cm³/mol. The quantitative estimate of drug-likeness (QED) is 0.908. The van der Waals surface area contributed by atoms with Crippen molar-refractivity contribution in [3.8, 4) is 5.75 Å². The molecular formula is C15H20N4O2. The Morgan fingerprint density at radius 3 is 3.00 bits per heavy atom. The van der Waals surface area contributed by atoms with Crippen LogP contribution in [-0.2, 0) is 11.3 Å². The highest BCUT2D eigenvalue weighted by atomic mass is 16.5. The minimum atomic E-state index is 0.225. The second-order valence-electron chi connectivity index (χ2n) is 5.20. The first-order valence-electron chi connectivity index (χ1n) is 7.04. The molecule has 0 aromatic carbocycles. The van der Waals surface area contributed by atoms with Crippen LogP contribution in [0.25, 0.3) is 0 Å². The second-order valence-corrected chi connectivity index (χ2v) is 5.20. The Hall–Kier alpha value is -1.92. The van der Waals surface area contributed by atoms with Crippen LogP contribution in [0, 0.1) is 0 Å². The molecule has 2 atom stereocenters. The van der Waals surface area contributed by atoms with Gasteiger partial charge in [-0.2, -0.15) is 0 Å². The number of rotatable bonds is 5. The molecule has 1 fully saturated rings. The molecule has 0 spiro atoms. The van der Waals surface area contributed by atoms with Crippen molar-refractivity contribution in [3.05, 3.63) is 42.2 Å². The summed E-state index contributed by atoms with van der Waals surface area (Å²) < 4.78 is 10.9. The normalized spacial score (nSPS) is 22.6. The Labute approximate surface area is 124 Å². The van der Waals surface area contributed by atoms with E-state index in [1.54, 1.807) is 26.6 Å². The fourth-order valence-corrected chi connectivity index (χ4v) is 2.90. The minimum Gasteiger partial charge on any atom is -0.496 e. The Morgan fingerprint density at radius 2 is 2.29 bits per heavy atom. The molecule has 2 aromatic heterocycles. The van der Waals surface area contributed by atoms with E-state index < -0.39 is 0 Å². The van der Waals surface area contributed by atoms with Gasteiger partial charge in [-0.3, -0.25) is 9.88 Å². The van der Waals surface area contributed by atoms with E-state index in [0.29, 0.717) is 0 Å². The van der Waals surface area contributed by atoms with Gasteiger partial charge in [0, 0.05) is 50.6 Å². The highest BCUT2D eigenvalue weighted by Crippen LogP contribution is 2.33. The molecule has 3 rings (SSSR count). The summed E-state index contributed by atoms with van der Waals surface area (Å²) in [5, 5.41) is 0. The first-order valence-corrected chi connectivity index (χ1v) is 7.04. The van der Waals surface area contributed by atoms with Gasteiger partial charge in [-0.05, 0) is 12.5 Å². The second kappa shape index (κ2) is 6.24. The van der Waals surface area contributed by atoms with E-state index in [-0.39, 0.29) is 12.1 Å². The lowest BCUT2D eigenvalue weighted by Gasteiger charge is -2.23. The van der Waals surface area contributed by atoms with Crippen LogP contribution < -0.4 is 4.74 Å². The molecule has 0 aliphatic carbocycles. The van der Waals surface area contributed by atoms with Gasteiger partial charge in [-0.15, -0.1) is 0 Å². The molecule has 21 heavy (non-hydrogen) atoms. The van der Waals surface area contributed by atoms with Crippen molar-refractivity contribution in [2.75, 3.05) is 20.8 Å². The molecule has 0 radical (unpaired) electrons. The van der Waals surface area contributed by atoms with Gasteiger partial charge in [0.05, 0.1) is 19.3 Å². The van der Waals surface area contributed by atoms with E-state index in [2.05, 4.69) is 19.9 Å². The number of pyridine rings is 1. The summed E-state index contributed by atoms with van der Waals surface area (Å²) in [6, 6.07) is 2.12. The number of hydrogen-bond acceptors (Lipinski definition) is 5. The molecule has 1 aliphatic heterocycles. The summed E-state index contributed by atoms with van der Waals surface area (Å²) in [4.78, 5) is 14.2. The molecule has 1 aliphatic rings. The van der Waals surface area contributed by atoms with Crippen LogP contribution in [0.2, 0.25) is 0 Å². The first kappa shape index (κ1) is 14.0. The highest BCUT2D eigenvalue weighted by molar-refractivity contribution is 5.30. The van der Waals surface area contributed by atoms with Crippen LogP contribution in [0.5, 0.6) is 5.75 Å². The monoisotopic (exact) mass is 288 g/mol. The SMILES string of the molecule is COc1ccncc1CN1C[C@H](OC)CC1c1ncc[nH]1. The number of H-pyrrole nitrogens is 1. The van der Waals surface area contributed by atoms with Crippen molar-refractivity contribution in [2.24, 2.45) is 0 Å². The predicted octanol–water partition coefficient (Wildman–Crippen LogP) is 1.78. The summed E-state index contributed by atoms with van der Waals surface area (Å²) in [7, 11) is 3.45. The van der Waals surface area contributed by atoms with Crippen LogP contribution in [0.4, 0.5) is 0 Å². The molecule has 1 saturated heterocycles. The lowest BCUT2D eigenvalue weighted by molar-refractivity contribution is 0.107. The third kappa shape index (κ3) is 2.91. The minimum absolute atomic E-state index is 0.225. The summed E-state index contributed by atoms with van der Waals surface area (Å²) in [5.74, 6) is 1.85. The average molecular weight is 288 g/mol. The number of methoxy groups -OCH3 is 2. The molecule has 0 amide bonds. The highest BCUT2D eigenvalue weighted by Gasteiger charge is 2.35. The van der Waals surface area contributed by atoms with Crippen LogP contribution in [-0.4, -0.2) is 46.7 Å². The third-order valence-corrected chi connectivity index (χ3v) is 3.99. The van der Waals surface area contributed by atoms with Gasteiger partial charge in [-0.25, -0.2) is 4.98 Å². The number of aromatic nitrogens is 3. The molecular weight excluding hydrogens is 268 g/mol. The zero-order valence-corrected chi connectivity index (χ0v) is 12.3. The summed E-state index contributed by atoms with van der Waals surface area (Å²) in [6.07, 6.45) is 8.41. The molecule has 3 heterocycles. The Morgan fingerprint density at radius 1 is 1.38 bits per heavy atom. The largest absolute Gasteiger partial charge is 0.496 e. The number of ether oxygens (including phenoxy) is 2. The lowest BCUT2D eigenvalue weighted by atomic mass is 10.1. The molecule has 0 bridgehead atoms. The number of hydrogen-bond donors (Lipinski definition) is 1. The van der Waals surface area contributed by atoms with Gasteiger partial charge in [0.25, 0.3) is 0 Å². The molecule has 0 saturated carbocycles. The van der Waals surface area contributed by atoms with Crippen molar-refractivity contribution in [1.82, 2.24) is 19.9 Å². The van der Waals surface area contributed by atoms with E-state index >= 15 is 0 Å². The number of nitrogens with one attached hydrogen (secondary N) is 1. The van der Waals surface area contributed by atoms with Gasteiger partial charge in [0.2, 0.25) is 0 Å². The van der Waals surface area contributed by atoms with Crippen molar-refractivity contribution in [3.63, 3.8) is 0 Å². The van der Waals surface area contributed by atoms with E-state index in [1.165, 1.54) is 0 Å². The van der Waals surface area contributed by atoms with Crippen molar-refractivity contribution in [2.45, 2.75) is 25.1 Å². The first-order chi connectivity index (χ1) is 10.3. The zero-order valence-electron chi connectivity index (χ0n) is 12.3. The van der Waals surface area contributed by atoms with E-state index in [1.807, 2.05) is 18.5 Å². The molecule has 2 aromatic rings. The maximum atomic E-state index is 5.53. The Bertz CT molecular complexity index is 573. The summed E-state index contributed by atoms with van der Waals surface area (Å²) in [6.45, 7) is 1.64. The summed E-state index contributed by atoms with van der Waals surface area (Å²) >= 11 is 0. The van der Waals surface area contributed by atoms with E-state index in [0.717, 1.165) is 36.6 Å². The van der Waals surface area contributed by atoms with E-state index in [9.17, 15) is 0 Å². The van der Waals surface area contributed by atoms with Gasteiger partial charge in [-0.1, -0.05) is 0 Å². The number of imidazole rings is 1. The zero-order chi connectivity index (χ0) is 14.7. The summed E-state index contributed by atoms with van der Waals surface area (Å²) in [5.41, 5.74) is 1.08. The molecule has 112 valence electrons. The lowest BCUT2D eigenvalue weighted by Crippen LogP contribution is -2.25. The fourth-order valence-electron chi connectivity index (χ4n) is 2.90. The van der Waals surface area contributed by atoms with Crippen LogP contribution in [0.1, 0.15) is 23.9 Å². The molecule has 1 unspecified atom stereocenters. The number of likely N-dealkylation sites (tertiary alicyclic amines) is 1. The molecule has 6 nitrogen and oxygen atoms in total. The van der Waals surface area contributed by atoms with Gasteiger partial charge >= 0.3 is 0 Å². The van der Waals surface area contributed by atoms with Crippen molar-refractivity contribution in [1.29, 1.82) is 0 Å². The maximum Gasteiger partial charge on any atom is 0.126 e. The number of aromatic amines is 1. The van der Waals surface area contributed by atoms with Crippen LogP contribution in [0.15, 0.2) is 30.9 Å². The van der Waals surface area contributed by atoms with Crippen molar-refractivity contribution >= 4 is 0 Å². The van der Waals surface area contributed by atoms with Crippen LogP contribution >= 0.6 is 0 Å².